The molecule has 3 heterocycles. The van der Waals surface area contributed by atoms with Crippen molar-refractivity contribution in [3.8, 4) is 0 Å². The van der Waals surface area contributed by atoms with Crippen molar-refractivity contribution in [1.29, 1.82) is 0 Å². The van der Waals surface area contributed by atoms with E-state index in [-0.39, 0.29) is 11.8 Å². The summed E-state index contributed by atoms with van der Waals surface area (Å²) in [5.74, 6) is 0.269. The number of rotatable bonds is 1. The van der Waals surface area contributed by atoms with Crippen LogP contribution in [0, 0.1) is 0 Å². The molecule has 0 fully saturated rings. The second-order valence-electron chi connectivity index (χ2n) is 6.46. The van der Waals surface area contributed by atoms with Gasteiger partial charge in [0.05, 0.1) is 0 Å². The third-order valence-corrected chi connectivity index (χ3v) is 4.63. The predicted octanol–water partition coefficient (Wildman–Crippen LogP) is 2.99. The molecule has 1 aromatic carbocycles. The zero-order valence-electron chi connectivity index (χ0n) is 14.3. The van der Waals surface area contributed by atoms with Gasteiger partial charge in [-0.15, -0.1) is 0 Å². The molecule has 0 saturated carbocycles. The molecule has 26 heavy (non-hydrogen) atoms. The maximum absolute atomic E-state index is 13.3. The van der Waals surface area contributed by atoms with Gasteiger partial charge in [0.1, 0.15) is 12.1 Å². The van der Waals surface area contributed by atoms with Gasteiger partial charge < -0.3 is 9.80 Å². The van der Waals surface area contributed by atoms with Gasteiger partial charge in [0.15, 0.2) is 5.69 Å². The molecule has 0 amide bonds. The summed E-state index contributed by atoms with van der Waals surface area (Å²) in [6.07, 6.45) is -3.33. The van der Waals surface area contributed by atoms with Crippen molar-refractivity contribution in [1.82, 2.24) is 19.6 Å². The molecule has 0 aliphatic carbocycles. The molecular weight excluding hydrogens is 345 g/mol. The van der Waals surface area contributed by atoms with Gasteiger partial charge in [-0.05, 0) is 18.6 Å². The van der Waals surface area contributed by atoms with E-state index in [2.05, 4.69) is 20.0 Å². The van der Waals surface area contributed by atoms with Crippen molar-refractivity contribution in [2.24, 2.45) is 0 Å². The lowest BCUT2D eigenvalue weighted by molar-refractivity contribution is -0.141. The van der Waals surface area contributed by atoms with E-state index in [0.717, 1.165) is 17.3 Å². The highest BCUT2D eigenvalue weighted by molar-refractivity contribution is 5.58. The van der Waals surface area contributed by atoms with Crippen molar-refractivity contribution in [3.63, 3.8) is 0 Å². The minimum Gasteiger partial charge on any atom is -0.372 e. The van der Waals surface area contributed by atoms with Crippen molar-refractivity contribution in [3.05, 3.63) is 47.9 Å². The molecule has 0 bridgehead atoms. The second kappa shape index (κ2) is 5.86. The van der Waals surface area contributed by atoms with Crippen LogP contribution >= 0.6 is 0 Å². The Bertz CT molecular complexity index is 951. The van der Waals surface area contributed by atoms with Crippen LogP contribution < -0.4 is 9.80 Å². The average Bonchev–Trinajstić information content (AvgIpc) is 3.02. The largest absolute Gasteiger partial charge is 0.433 e. The van der Waals surface area contributed by atoms with Gasteiger partial charge in [-0.3, -0.25) is 0 Å². The Hall–Kier alpha value is -2.84. The Kier molecular flexibility index (Phi) is 3.74. The van der Waals surface area contributed by atoms with Crippen molar-refractivity contribution in [2.45, 2.75) is 25.7 Å². The Balaban J connectivity index is 1.87. The van der Waals surface area contributed by atoms with Gasteiger partial charge in [0, 0.05) is 37.9 Å². The van der Waals surface area contributed by atoms with E-state index in [4.69, 9.17) is 0 Å². The zero-order chi connectivity index (χ0) is 18.5. The summed E-state index contributed by atoms with van der Waals surface area (Å²) >= 11 is 0. The molecular formula is C17H17F3N6. The highest BCUT2D eigenvalue weighted by Gasteiger charge is 2.35. The van der Waals surface area contributed by atoms with Crippen LogP contribution in [0.25, 0.3) is 5.78 Å². The van der Waals surface area contributed by atoms with Crippen LogP contribution in [-0.2, 0) is 12.7 Å². The monoisotopic (exact) mass is 362 g/mol. The van der Waals surface area contributed by atoms with Crippen molar-refractivity contribution in [2.75, 3.05) is 23.4 Å². The minimum atomic E-state index is -4.55. The Morgan fingerprint density at radius 1 is 1.19 bits per heavy atom. The van der Waals surface area contributed by atoms with Gasteiger partial charge in [-0.1, -0.05) is 18.2 Å². The maximum Gasteiger partial charge on any atom is 0.433 e. The summed E-state index contributed by atoms with van der Waals surface area (Å²) in [6.45, 7) is 3.12. The van der Waals surface area contributed by atoms with Crippen LogP contribution in [0.3, 0.4) is 0 Å². The van der Waals surface area contributed by atoms with Crippen LogP contribution in [0.4, 0.5) is 24.7 Å². The summed E-state index contributed by atoms with van der Waals surface area (Å²) in [5, 5.41) is 4.08. The Labute approximate surface area is 147 Å². The van der Waals surface area contributed by atoms with Crippen LogP contribution in [0.1, 0.15) is 18.2 Å². The number of benzene rings is 1. The fourth-order valence-corrected chi connectivity index (χ4v) is 3.40. The van der Waals surface area contributed by atoms with E-state index >= 15 is 0 Å². The number of halogens is 3. The first-order valence-electron chi connectivity index (χ1n) is 8.18. The molecule has 2 aromatic heterocycles. The van der Waals surface area contributed by atoms with Crippen LogP contribution in [-0.4, -0.2) is 39.2 Å². The first kappa shape index (κ1) is 16.6. The van der Waals surface area contributed by atoms with Gasteiger partial charge in [0.2, 0.25) is 0 Å². The first-order valence-corrected chi connectivity index (χ1v) is 8.18. The minimum absolute atomic E-state index is 0.0386. The van der Waals surface area contributed by atoms with E-state index in [9.17, 15) is 13.2 Å². The van der Waals surface area contributed by atoms with Crippen molar-refractivity contribution >= 4 is 17.3 Å². The summed E-state index contributed by atoms with van der Waals surface area (Å²) in [5.41, 5.74) is 1.14. The van der Waals surface area contributed by atoms with Crippen LogP contribution in [0.5, 0.6) is 0 Å². The van der Waals surface area contributed by atoms with E-state index in [1.54, 1.807) is 0 Å². The predicted molar refractivity (Wildman–Crippen MR) is 91.1 cm³/mol. The molecule has 1 aliphatic rings. The number of aromatic nitrogens is 4. The SMILES string of the molecule is CC1CN(C)c2ccccc2CN1c1cc(C(F)(F)F)nc2ncnn12. The number of likely N-dealkylation sites (N-methyl/N-ethyl adjacent to an activating group) is 1. The lowest BCUT2D eigenvalue weighted by atomic mass is 10.1. The molecule has 6 nitrogen and oxygen atoms in total. The quantitative estimate of drug-likeness (QED) is 0.666. The number of hydrogen-bond donors (Lipinski definition) is 0. The van der Waals surface area contributed by atoms with E-state index in [1.165, 1.54) is 10.8 Å². The summed E-state index contributed by atoms with van der Waals surface area (Å²) in [4.78, 5) is 11.5. The van der Waals surface area contributed by atoms with Crippen LogP contribution in [0.2, 0.25) is 0 Å². The van der Waals surface area contributed by atoms with E-state index < -0.39 is 11.9 Å². The number of alkyl halides is 3. The lowest BCUT2D eigenvalue weighted by Crippen LogP contribution is -2.39. The summed E-state index contributed by atoms with van der Waals surface area (Å²) < 4.78 is 41.3. The smallest absolute Gasteiger partial charge is 0.372 e. The molecule has 3 aromatic rings. The average molecular weight is 362 g/mol. The third kappa shape index (κ3) is 2.73. The lowest BCUT2D eigenvalue weighted by Gasteiger charge is -2.30. The molecule has 0 N–H and O–H groups in total. The number of anilines is 2. The topological polar surface area (TPSA) is 49.6 Å². The zero-order valence-corrected chi connectivity index (χ0v) is 14.3. The van der Waals surface area contributed by atoms with Gasteiger partial charge in [-0.25, -0.2) is 4.98 Å². The fourth-order valence-electron chi connectivity index (χ4n) is 3.40. The molecule has 0 spiro atoms. The van der Waals surface area contributed by atoms with E-state index in [0.29, 0.717) is 18.9 Å². The first-order chi connectivity index (χ1) is 12.3. The highest BCUT2D eigenvalue weighted by Crippen LogP contribution is 2.33. The van der Waals surface area contributed by atoms with Gasteiger partial charge >= 0.3 is 6.18 Å². The van der Waals surface area contributed by atoms with Crippen molar-refractivity contribution < 1.29 is 13.2 Å². The number of hydrogen-bond acceptors (Lipinski definition) is 5. The molecule has 1 aliphatic heterocycles. The number of nitrogens with zero attached hydrogens (tertiary/aromatic N) is 6. The summed E-state index contributed by atoms with van der Waals surface area (Å²) in [7, 11) is 1.98. The summed E-state index contributed by atoms with van der Waals surface area (Å²) in [6, 6.07) is 8.90. The standard InChI is InChI=1S/C17H17F3N6/c1-11-8-24(2)13-6-4-3-5-12(13)9-25(11)15-7-14(17(18,19)20)23-16-21-10-22-26(15)16/h3-7,10-11H,8-9H2,1-2H3. The molecule has 136 valence electrons. The molecule has 9 heteroatoms. The van der Waals surface area contributed by atoms with Crippen LogP contribution in [0.15, 0.2) is 36.7 Å². The Morgan fingerprint density at radius 3 is 2.73 bits per heavy atom. The second-order valence-corrected chi connectivity index (χ2v) is 6.46. The maximum atomic E-state index is 13.3. The van der Waals surface area contributed by atoms with Gasteiger partial charge in [-0.2, -0.15) is 27.8 Å². The molecule has 1 unspecified atom stereocenters. The molecule has 0 radical (unpaired) electrons. The molecule has 4 rings (SSSR count). The Morgan fingerprint density at radius 2 is 1.96 bits per heavy atom. The number of para-hydroxylation sites is 1. The molecule has 0 saturated heterocycles. The molecule has 1 atom stereocenters. The normalized spacial score (nSPS) is 18.1. The third-order valence-electron chi connectivity index (χ3n) is 4.63. The van der Waals surface area contributed by atoms with Gasteiger partial charge in [0.25, 0.3) is 5.78 Å². The van der Waals surface area contributed by atoms with E-state index in [1.807, 2.05) is 43.1 Å². The highest BCUT2D eigenvalue weighted by atomic mass is 19.4. The number of fused-ring (bicyclic) bond motifs is 2. The fraction of sp³-hybridized carbons (Fsp3) is 0.353.